The van der Waals surface area contributed by atoms with Crippen LogP contribution < -0.4 is 5.32 Å². The van der Waals surface area contributed by atoms with Crippen LogP contribution in [0.25, 0.3) is 0 Å². The lowest BCUT2D eigenvalue weighted by atomic mass is 10.1. The summed E-state index contributed by atoms with van der Waals surface area (Å²) >= 11 is 0. The molecule has 2 heteroatoms. The van der Waals surface area contributed by atoms with Crippen LogP contribution >= 0.6 is 0 Å². The van der Waals surface area contributed by atoms with Gasteiger partial charge < -0.3 is 5.32 Å². The number of hydrogen-bond acceptors (Lipinski definition) is 2. The van der Waals surface area contributed by atoms with Crippen LogP contribution in [0.15, 0.2) is 0 Å². The second-order valence-electron chi connectivity index (χ2n) is 5.22. The van der Waals surface area contributed by atoms with Crippen LogP contribution in [-0.4, -0.2) is 13.1 Å². The molecule has 0 aromatic rings. The van der Waals surface area contributed by atoms with Crippen LogP contribution in [0.2, 0.25) is 0 Å². The molecule has 0 unspecified atom stereocenters. The zero-order valence-corrected chi connectivity index (χ0v) is 12.3. The molecule has 0 saturated heterocycles. The van der Waals surface area contributed by atoms with Crippen LogP contribution in [-0.2, 0) is 0 Å². The van der Waals surface area contributed by atoms with E-state index in [-0.39, 0.29) is 0 Å². The molecule has 0 radical (unpaired) electrons. The van der Waals surface area contributed by atoms with Crippen LogP contribution in [0.1, 0.15) is 84.0 Å². The maximum Gasteiger partial charge on any atom is 0.0840 e. The second-order valence-corrected chi connectivity index (χ2v) is 5.22. The molecule has 0 saturated carbocycles. The van der Waals surface area contributed by atoms with Crippen LogP contribution in [0.4, 0.5) is 0 Å². The van der Waals surface area contributed by atoms with Gasteiger partial charge in [-0.3, -0.25) is 0 Å². The molecule has 0 spiro atoms. The highest BCUT2D eigenvalue weighted by Crippen LogP contribution is 2.11. The van der Waals surface area contributed by atoms with Crippen molar-refractivity contribution in [1.29, 1.82) is 5.26 Å². The van der Waals surface area contributed by atoms with Crippen LogP contribution in [0.3, 0.4) is 0 Å². The van der Waals surface area contributed by atoms with E-state index in [9.17, 15) is 0 Å². The third-order valence-corrected chi connectivity index (χ3v) is 3.41. The minimum atomic E-state index is 0.498. The highest BCUT2D eigenvalue weighted by atomic mass is 14.8. The fraction of sp³-hybridized carbons (Fsp3) is 0.938. The highest BCUT2D eigenvalue weighted by molar-refractivity contribution is 4.72. The molecule has 2 nitrogen and oxygen atoms in total. The smallest absolute Gasteiger partial charge is 0.0840 e. The van der Waals surface area contributed by atoms with Gasteiger partial charge in [-0.05, 0) is 13.0 Å². The average molecular weight is 252 g/mol. The fourth-order valence-corrected chi connectivity index (χ4v) is 2.24. The van der Waals surface area contributed by atoms with E-state index in [1.54, 1.807) is 0 Å². The third kappa shape index (κ3) is 15.4. The number of nitrogens with zero attached hydrogens (tertiary/aromatic N) is 1. The van der Waals surface area contributed by atoms with Gasteiger partial charge in [-0.15, -0.1) is 0 Å². The van der Waals surface area contributed by atoms with E-state index < -0.39 is 0 Å². The van der Waals surface area contributed by atoms with Gasteiger partial charge in [0.05, 0.1) is 12.6 Å². The minimum Gasteiger partial charge on any atom is -0.304 e. The first-order valence-electron chi connectivity index (χ1n) is 7.99. The van der Waals surface area contributed by atoms with Gasteiger partial charge in [-0.25, -0.2) is 0 Å². The Kier molecular flexibility index (Phi) is 15.9. The molecule has 0 aliphatic carbocycles. The average Bonchev–Trinajstić information content (AvgIpc) is 2.39. The van der Waals surface area contributed by atoms with Crippen molar-refractivity contribution in [2.75, 3.05) is 13.1 Å². The Morgan fingerprint density at radius 3 is 1.61 bits per heavy atom. The Bertz CT molecular complexity index is 184. The number of rotatable bonds is 14. The van der Waals surface area contributed by atoms with E-state index >= 15 is 0 Å². The fourth-order valence-electron chi connectivity index (χ4n) is 2.24. The predicted molar refractivity (Wildman–Crippen MR) is 79.6 cm³/mol. The predicted octanol–water partition coefficient (Wildman–Crippen LogP) is 4.80. The second kappa shape index (κ2) is 16.4. The summed E-state index contributed by atoms with van der Waals surface area (Å²) in [5.41, 5.74) is 0. The van der Waals surface area contributed by atoms with E-state index in [1.807, 2.05) is 0 Å². The Balaban J connectivity index is 2.89. The molecular weight excluding hydrogens is 220 g/mol. The molecule has 0 amide bonds. The van der Waals surface area contributed by atoms with Crippen molar-refractivity contribution in [3.63, 3.8) is 0 Å². The van der Waals surface area contributed by atoms with Crippen molar-refractivity contribution in [3.8, 4) is 6.07 Å². The lowest BCUT2D eigenvalue weighted by molar-refractivity contribution is 0.539. The monoisotopic (exact) mass is 252 g/mol. The SMILES string of the molecule is CCCCCCCCCCCCCCNCC#N. The molecule has 0 heterocycles. The molecule has 1 N–H and O–H groups in total. The van der Waals surface area contributed by atoms with Gasteiger partial charge >= 0.3 is 0 Å². The molecule has 106 valence electrons. The third-order valence-electron chi connectivity index (χ3n) is 3.41. The molecule has 0 fully saturated rings. The van der Waals surface area contributed by atoms with Gasteiger partial charge in [0.2, 0.25) is 0 Å². The lowest BCUT2D eigenvalue weighted by Crippen LogP contribution is -2.14. The number of nitriles is 1. The van der Waals surface area contributed by atoms with Crippen LogP contribution in [0, 0.1) is 11.3 Å². The summed E-state index contributed by atoms with van der Waals surface area (Å²) in [5.74, 6) is 0. The van der Waals surface area contributed by atoms with Crippen molar-refractivity contribution < 1.29 is 0 Å². The molecule has 0 aliphatic rings. The van der Waals surface area contributed by atoms with Crippen molar-refractivity contribution in [3.05, 3.63) is 0 Å². The van der Waals surface area contributed by atoms with Crippen molar-refractivity contribution >= 4 is 0 Å². The summed E-state index contributed by atoms with van der Waals surface area (Å²) in [4.78, 5) is 0. The van der Waals surface area contributed by atoms with Gasteiger partial charge in [0, 0.05) is 0 Å². The summed E-state index contributed by atoms with van der Waals surface area (Å²) in [6.45, 7) is 3.78. The minimum absolute atomic E-state index is 0.498. The molecule has 18 heavy (non-hydrogen) atoms. The van der Waals surface area contributed by atoms with E-state index in [1.165, 1.54) is 77.0 Å². The zero-order valence-electron chi connectivity index (χ0n) is 12.3. The summed E-state index contributed by atoms with van der Waals surface area (Å²) < 4.78 is 0. The van der Waals surface area contributed by atoms with Crippen molar-refractivity contribution in [2.24, 2.45) is 0 Å². The maximum atomic E-state index is 8.34. The molecule has 0 aliphatic heterocycles. The summed E-state index contributed by atoms with van der Waals surface area (Å²) in [6.07, 6.45) is 16.7. The first-order chi connectivity index (χ1) is 8.91. The first kappa shape index (κ1) is 17.4. The molecular formula is C16H32N2. The molecule has 0 bridgehead atoms. The highest BCUT2D eigenvalue weighted by Gasteiger charge is 1.93. The number of nitrogens with one attached hydrogen (secondary N) is 1. The van der Waals surface area contributed by atoms with Gasteiger partial charge in [-0.1, -0.05) is 77.6 Å². The summed E-state index contributed by atoms with van der Waals surface area (Å²) in [6, 6.07) is 2.10. The van der Waals surface area contributed by atoms with E-state index in [0.717, 1.165) is 6.54 Å². The topological polar surface area (TPSA) is 35.8 Å². The molecule has 0 aromatic heterocycles. The normalized spacial score (nSPS) is 10.4. The zero-order chi connectivity index (χ0) is 13.3. The molecule has 0 atom stereocenters. The standard InChI is InChI=1S/C16H32N2/c1-2-3-4-5-6-7-8-9-10-11-12-13-15-18-16-14-17/h18H,2-13,15-16H2,1H3. The number of unbranched alkanes of at least 4 members (excludes halogenated alkanes) is 11. The summed E-state index contributed by atoms with van der Waals surface area (Å²) in [5, 5.41) is 11.5. The summed E-state index contributed by atoms with van der Waals surface area (Å²) in [7, 11) is 0. The Hall–Kier alpha value is -0.550. The van der Waals surface area contributed by atoms with E-state index in [0.29, 0.717) is 6.54 Å². The van der Waals surface area contributed by atoms with Crippen molar-refractivity contribution in [2.45, 2.75) is 84.0 Å². The van der Waals surface area contributed by atoms with Gasteiger partial charge in [0.15, 0.2) is 0 Å². The first-order valence-corrected chi connectivity index (χ1v) is 7.99. The van der Waals surface area contributed by atoms with Gasteiger partial charge in [0.1, 0.15) is 0 Å². The molecule has 0 aromatic carbocycles. The van der Waals surface area contributed by atoms with Gasteiger partial charge in [-0.2, -0.15) is 5.26 Å². The Labute approximate surface area is 114 Å². The van der Waals surface area contributed by atoms with Crippen molar-refractivity contribution in [1.82, 2.24) is 5.32 Å². The van der Waals surface area contributed by atoms with Gasteiger partial charge in [0.25, 0.3) is 0 Å². The number of hydrogen-bond donors (Lipinski definition) is 1. The Morgan fingerprint density at radius 1 is 0.722 bits per heavy atom. The largest absolute Gasteiger partial charge is 0.304 e. The maximum absolute atomic E-state index is 8.34. The quantitative estimate of drug-likeness (QED) is 0.356. The van der Waals surface area contributed by atoms with E-state index in [2.05, 4.69) is 18.3 Å². The van der Waals surface area contributed by atoms with E-state index in [4.69, 9.17) is 5.26 Å². The Morgan fingerprint density at radius 2 is 1.17 bits per heavy atom. The van der Waals surface area contributed by atoms with Crippen LogP contribution in [0.5, 0.6) is 0 Å². The molecule has 0 rings (SSSR count). The lowest BCUT2D eigenvalue weighted by Gasteiger charge is -2.03.